The first-order chi connectivity index (χ1) is 9.03. The van der Waals surface area contributed by atoms with Crippen LogP contribution in [0.25, 0.3) is 0 Å². The van der Waals surface area contributed by atoms with Gasteiger partial charge in [0.2, 0.25) is 10.0 Å². The van der Waals surface area contributed by atoms with E-state index in [4.69, 9.17) is 4.74 Å². The van der Waals surface area contributed by atoms with Crippen LogP contribution >= 0.6 is 0 Å². The van der Waals surface area contributed by atoms with E-state index in [2.05, 4.69) is 10.0 Å². The molecule has 6 heteroatoms. The van der Waals surface area contributed by atoms with E-state index in [0.29, 0.717) is 11.5 Å². The third-order valence-electron chi connectivity index (χ3n) is 3.13. The van der Waals surface area contributed by atoms with Gasteiger partial charge >= 0.3 is 0 Å². The zero-order chi connectivity index (χ0) is 13.9. The SMILES string of the molecule is CCOC(C)CNS(=O)(=O)c1ccc2c(c1)CNC2. The number of hydrogen-bond donors (Lipinski definition) is 2. The minimum atomic E-state index is -3.45. The summed E-state index contributed by atoms with van der Waals surface area (Å²) < 4.78 is 32.2. The van der Waals surface area contributed by atoms with Gasteiger partial charge < -0.3 is 10.1 Å². The van der Waals surface area contributed by atoms with Crippen LogP contribution in [0.2, 0.25) is 0 Å². The van der Waals surface area contributed by atoms with Crippen molar-refractivity contribution in [2.75, 3.05) is 13.2 Å². The van der Waals surface area contributed by atoms with E-state index in [1.807, 2.05) is 19.9 Å². The molecule has 0 radical (unpaired) electrons. The van der Waals surface area contributed by atoms with E-state index in [9.17, 15) is 8.42 Å². The first-order valence-electron chi connectivity index (χ1n) is 6.46. The minimum Gasteiger partial charge on any atom is -0.377 e. The summed E-state index contributed by atoms with van der Waals surface area (Å²) in [5, 5.41) is 3.20. The Balaban J connectivity index is 2.07. The van der Waals surface area contributed by atoms with Crippen LogP contribution in [0.1, 0.15) is 25.0 Å². The lowest BCUT2D eigenvalue weighted by atomic mass is 10.1. The maximum Gasteiger partial charge on any atom is 0.240 e. The highest BCUT2D eigenvalue weighted by atomic mass is 32.2. The summed E-state index contributed by atoms with van der Waals surface area (Å²) >= 11 is 0. The molecule has 19 heavy (non-hydrogen) atoms. The fourth-order valence-corrected chi connectivity index (χ4v) is 3.26. The normalized spacial score (nSPS) is 16.3. The van der Waals surface area contributed by atoms with Gasteiger partial charge in [-0.25, -0.2) is 13.1 Å². The van der Waals surface area contributed by atoms with E-state index in [0.717, 1.165) is 18.7 Å². The van der Waals surface area contributed by atoms with Gasteiger partial charge in [0.15, 0.2) is 0 Å². The van der Waals surface area contributed by atoms with Crippen LogP contribution in [0.4, 0.5) is 0 Å². The van der Waals surface area contributed by atoms with Crippen molar-refractivity contribution < 1.29 is 13.2 Å². The number of hydrogen-bond acceptors (Lipinski definition) is 4. The fraction of sp³-hybridized carbons (Fsp3) is 0.538. The monoisotopic (exact) mass is 284 g/mol. The number of sulfonamides is 1. The maximum atomic E-state index is 12.2. The highest BCUT2D eigenvalue weighted by molar-refractivity contribution is 7.89. The molecule has 1 unspecified atom stereocenters. The first-order valence-corrected chi connectivity index (χ1v) is 7.95. The molecular weight excluding hydrogens is 264 g/mol. The van der Waals surface area contributed by atoms with E-state index >= 15 is 0 Å². The Bertz CT molecular complexity index is 543. The lowest BCUT2D eigenvalue weighted by Crippen LogP contribution is -2.32. The highest BCUT2D eigenvalue weighted by Crippen LogP contribution is 2.19. The largest absolute Gasteiger partial charge is 0.377 e. The molecule has 5 nitrogen and oxygen atoms in total. The molecule has 1 heterocycles. The van der Waals surface area contributed by atoms with Crippen LogP contribution in [0, 0.1) is 0 Å². The van der Waals surface area contributed by atoms with Gasteiger partial charge in [0, 0.05) is 26.2 Å². The molecule has 1 aromatic rings. The fourth-order valence-electron chi connectivity index (χ4n) is 2.09. The van der Waals surface area contributed by atoms with Crippen LogP contribution in [0.5, 0.6) is 0 Å². The Morgan fingerprint density at radius 1 is 1.37 bits per heavy atom. The Morgan fingerprint density at radius 3 is 2.84 bits per heavy atom. The predicted molar refractivity (Wildman–Crippen MR) is 73.3 cm³/mol. The van der Waals surface area contributed by atoms with Crippen LogP contribution in [-0.4, -0.2) is 27.7 Å². The molecule has 0 spiro atoms. The summed E-state index contributed by atoms with van der Waals surface area (Å²) in [7, 11) is -3.45. The maximum absolute atomic E-state index is 12.2. The van der Waals surface area contributed by atoms with Gasteiger partial charge in [-0.3, -0.25) is 0 Å². The summed E-state index contributed by atoms with van der Waals surface area (Å²) in [6.07, 6.45) is -0.129. The van der Waals surface area contributed by atoms with E-state index in [1.54, 1.807) is 12.1 Å². The van der Waals surface area contributed by atoms with Crippen molar-refractivity contribution in [3.8, 4) is 0 Å². The summed E-state index contributed by atoms with van der Waals surface area (Å²) in [5.74, 6) is 0. The second-order valence-corrected chi connectivity index (χ2v) is 6.42. The van der Waals surface area contributed by atoms with Gasteiger partial charge in [-0.15, -0.1) is 0 Å². The Morgan fingerprint density at radius 2 is 2.11 bits per heavy atom. The topological polar surface area (TPSA) is 67.4 Å². The zero-order valence-electron chi connectivity index (χ0n) is 11.3. The molecule has 1 aliphatic rings. The number of benzene rings is 1. The molecule has 1 aliphatic heterocycles. The quantitative estimate of drug-likeness (QED) is 0.817. The van der Waals surface area contributed by atoms with E-state index < -0.39 is 10.0 Å². The van der Waals surface area contributed by atoms with Crippen LogP contribution < -0.4 is 10.0 Å². The third kappa shape index (κ3) is 3.54. The van der Waals surface area contributed by atoms with Crippen molar-refractivity contribution in [3.63, 3.8) is 0 Å². The molecule has 106 valence electrons. The average molecular weight is 284 g/mol. The lowest BCUT2D eigenvalue weighted by Gasteiger charge is -2.13. The van der Waals surface area contributed by atoms with Crippen LogP contribution in [0.3, 0.4) is 0 Å². The molecule has 2 N–H and O–H groups in total. The number of fused-ring (bicyclic) bond motifs is 1. The van der Waals surface area contributed by atoms with Crippen molar-refractivity contribution in [1.29, 1.82) is 0 Å². The number of rotatable bonds is 6. The van der Waals surface area contributed by atoms with Crippen molar-refractivity contribution in [1.82, 2.24) is 10.0 Å². The Kier molecular flexibility index (Phi) is 4.57. The van der Waals surface area contributed by atoms with Crippen molar-refractivity contribution >= 4 is 10.0 Å². The molecule has 0 saturated heterocycles. The number of nitrogens with one attached hydrogen (secondary N) is 2. The predicted octanol–water partition coefficient (Wildman–Crippen LogP) is 0.993. The minimum absolute atomic E-state index is 0.129. The first kappa shape index (κ1) is 14.5. The summed E-state index contributed by atoms with van der Waals surface area (Å²) in [6.45, 7) is 6.13. The molecular formula is C13H20N2O3S. The second-order valence-electron chi connectivity index (χ2n) is 4.65. The van der Waals surface area contributed by atoms with Gasteiger partial charge in [0.1, 0.15) is 0 Å². The van der Waals surface area contributed by atoms with Gasteiger partial charge in [-0.1, -0.05) is 6.07 Å². The molecule has 1 aromatic carbocycles. The van der Waals surface area contributed by atoms with Crippen molar-refractivity contribution in [2.45, 2.75) is 37.9 Å². The number of ether oxygens (including phenoxy) is 1. The van der Waals surface area contributed by atoms with Crippen LogP contribution in [0.15, 0.2) is 23.1 Å². The van der Waals surface area contributed by atoms with Crippen LogP contribution in [-0.2, 0) is 27.8 Å². The highest BCUT2D eigenvalue weighted by Gasteiger charge is 2.18. The summed E-state index contributed by atoms with van der Waals surface area (Å²) in [4.78, 5) is 0.318. The molecule has 0 aliphatic carbocycles. The van der Waals surface area contributed by atoms with E-state index in [1.165, 1.54) is 5.56 Å². The smallest absolute Gasteiger partial charge is 0.240 e. The second kappa shape index (κ2) is 6.00. The van der Waals surface area contributed by atoms with Crippen molar-refractivity contribution in [2.24, 2.45) is 0 Å². The lowest BCUT2D eigenvalue weighted by molar-refractivity contribution is 0.0799. The van der Waals surface area contributed by atoms with E-state index in [-0.39, 0.29) is 12.6 Å². The van der Waals surface area contributed by atoms with Crippen molar-refractivity contribution in [3.05, 3.63) is 29.3 Å². The standard InChI is InChI=1S/C13H20N2O3S/c1-3-18-10(2)7-15-19(16,17)13-5-4-11-8-14-9-12(11)6-13/h4-6,10,14-15H,3,7-9H2,1-2H3. The average Bonchev–Trinajstić information content (AvgIpc) is 2.84. The molecule has 0 fully saturated rings. The molecule has 1 atom stereocenters. The van der Waals surface area contributed by atoms with Gasteiger partial charge in [-0.05, 0) is 37.1 Å². The van der Waals surface area contributed by atoms with Gasteiger partial charge in [0.25, 0.3) is 0 Å². The summed E-state index contributed by atoms with van der Waals surface area (Å²) in [6, 6.07) is 5.26. The van der Waals surface area contributed by atoms with Gasteiger partial charge in [0.05, 0.1) is 11.0 Å². The molecule has 0 saturated carbocycles. The van der Waals surface area contributed by atoms with Gasteiger partial charge in [-0.2, -0.15) is 0 Å². The molecule has 0 bridgehead atoms. The third-order valence-corrected chi connectivity index (χ3v) is 4.55. The molecule has 2 rings (SSSR count). The Hall–Kier alpha value is -0.950. The molecule has 0 aromatic heterocycles. The summed E-state index contributed by atoms with van der Waals surface area (Å²) in [5.41, 5.74) is 2.22. The molecule has 0 amide bonds. The Labute approximate surface area is 114 Å². The zero-order valence-corrected chi connectivity index (χ0v) is 12.1.